The second kappa shape index (κ2) is 5.21. The number of aryl methyl sites for hydroxylation is 1. The van der Waals surface area contributed by atoms with Crippen LogP contribution in [-0.4, -0.2) is 21.1 Å². The zero-order valence-corrected chi connectivity index (χ0v) is 11.2. The maximum atomic E-state index is 12.0. The Hall–Kier alpha value is -2.56. The molecular weight excluding hydrogens is 252 g/mol. The van der Waals surface area contributed by atoms with Gasteiger partial charge < -0.3 is 10.3 Å². The average molecular weight is 268 g/mol. The molecule has 5 nitrogen and oxygen atoms in total. The van der Waals surface area contributed by atoms with Crippen LogP contribution in [0.15, 0.2) is 36.5 Å². The molecule has 0 saturated carbocycles. The molecule has 0 atom stereocenters. The van der Waals surface area contributed by atoms with Crippen molar-refractivity contribution in [2.75, 3.05) is 5.32 Å². The highest BCUT2D eigenvalue weighted by Gasteiger charge is 2.10. The fourth-order valence-corrected chi connectivity index (χ4v) is 2.24. The second-order valence-corrected chi connectivity index (χ2v) is 4.72. The Morgan fingerprint density at radius 3 is 3.00 bits per heavy atom. The number of benzene rings is 1. The maximum Gasteiger partial charge on any atom is 0.230 e. The highest BCUT2D eigenvalue weighted by atomic mass is 16.1. The van der Waals surface area contributed by atoms with Crippen LogP contribution in [0.4, 0.5) is 5.82 Å². The molecule has 1 aromatic carbocycles. The van der Waals surface area contributed by atoms with Crippen LogP contribution in [0.1, 0.15) is 18.2 Å². The molecule has 20 heavy (non-hydrogen) atoms. The molecule has 0 bridgehead atoms. The number of nitrogens with one attached hydrogen (secondary N) is 3. The number of para-hydroxylation sites is 1. The molecule has 5 heteroatoms. The van der Waals surface area contributed by atoms with E-state index in [4.69, 9.17) is 0 Å². The normalized spacial score (nSPS) is 10.8. The molecule has 0 aliphatic rings. The van der Waals surface area contributed by atoms with E-state index in [0.717, 1.165) is 28.6 Å². The number of hydrogen-bond acceptors (Lipinski definition) is 2. The summed E-state index contributed by atoms with van der Waals surface area (Å²) in [5.41, 5.74) is 3.04. The van der Waals surface area contributed by atoms with Gasteiger partial charge in [0.05, 0.1) is 6.42 Å². The monoisotopic (exact) mass is 268 g/mol. The molecule has 2 heterocycles. The van der Waals surface area contributed by atoms with Gasteiger partial charge in [-0.3, -0.25) is 9.89 Å². The lowest BCUT2D eigenvalue weighted by Gasteiger charge is -2.00. The van der Waals surface area contributed by atoms with E-state index < -0.39 is 0 Å². The molecule has 102 valence electrons. The first kappa shape index (κ1) is 12.5. The largest absolute Gasteiger partial charge is 0.361 e. The summed E-state index contributed by atoms with van der Waals surface area (Å²) in [6.45, 7) is 2.03. The zero-order valence-electron chi connectivity index (χ0n) is 11.2. The predicted octanol–water partition coefficient (Wildman–Crippen LogP) is 2.63. The minimum Gasteiger partial charge on any atom is -0.361 e. The number of rotatable bonds is 4. The van der Waals surface area contributed by atoms with Crippen molar-refractivity contribution >= 4 is 22.6 Å². The zero-order chi connectivity index (χ0) is 13.9. The van der Waals surface area contributed by atoms with Crippen molar-refractivity contribution in [2.45, 2.75) is 19.8 Å². The summed E-state index contributed by atoms with van der Waals surface area (Å²) >= 11 is 0. The molecule has 0 radical (unpaired) electrons. The van der Waals surface area contributed by atoms with Crippen molar-refractivity contribution in [1.82, 2.24) is 15.2 Å². The molecule has 0 saturated heterocycles. The number of carbonyl (C=O) groups is 1. The summed E-state index contributed by atoms with van der Waals surface area (Å²) in [6, 6.07) is 9.81. The highest BCUT2D eigenvalue weighted by Crippen LogP contribution is 2.18. The third-order valence-electron chi connectivity index (χ3n) is 3.31. The first-order chi connectivity index (χ1) is 9.76. The Kier molecular flexibility index (Phi) is 3.25. The molecule has 3 rings (SSSR count). The van der Waals surface area contributed by atoms with E-state index >= 15 is 0 Å². The van der Waals surface area contributed by atoms with Gasteiger partial charge >= 0.3 is 0 Å². The van der Waals surface area contributed by atoms with Crippen LogP contribution in [0.25, 0.3) is 10.9 Å². The third kappa shape index (κ3) is 2.42. The number of carbonyl (C=O) groups excluding carboxylic acids is 1. The van der Waals surface area contributed by atoms with Gasteiger partial charge in [0.1, 0.15) is 0 Å². The van der Waals surface area contributed by atoms with E-state index in [1.165, 1.54) is 0 Å². The summed E-state index contributed by atoms with van der Waals surface area (Å²) in [5, 5.41) is 10.8. The molecule has 2 aromatic heterocycles. The van der Waals surface area contributed by atoms with Gasteiger partial charge in [0.2, 0.25) is 5.91 Å². The van der Waals surface area contributed by atoms with Gasteiger partial charge in [-0.15, -0.1) is 0 Å². The number of aromatic nitrogens is 3. The highest BCUT2D eigenvalue weighted by molar-refractivity contribution is 5.95. The fourth-order valence-electron chi connectivity index (χ4n) is 2.24. The molecule has 0 aliphatic heterocycles. The van der Waals surface area contributed by atoms with Gasteiger partial charge in [-0.2, -0.15) is 5.10 Å². The molecule has 3 aromatic rings. The molecule has 3 N–H and O–H groups in total. The number of anilines is 1. The van der Waals surface area contributed by atoms with E-state index in [1.807, 2.05) is 43.5 Å². The number of fused-ring (bicyclic) bond motifs is 1. The molecule has 1 amide bonds. The number of aromatic amines is 2. The minimum absolute atomic E-state index is 0.0658. The molecular formula is C15H16N4O. The number of H-pyrrole nitrogens is 2. The Labute approximate surface area is 116 Å². The smallest absolute Gasteiger partial charge is 0.230 e. The summed E-state index contributed by atoms with van der Waals surface area (Å²) in [7, 11) is 0. The van der Waals surface area contributed by atoms with Crippen LogP contribution in [0.3, 0.4) is 0 Å². The van der Waals surface area contributed by atoms with Crippen LogP contribution in [0.5, 0.6) is 0 Å². The standard InChI is InChI=1S/C15H16N4O/c1-2-11-8-14(19-18-11)17-15(20)7-10-9-16-13-6-4-3-5-12(10)13/h3-6,8-9,16H,2,7H2,1H3,(H2,17,18,19,20). The van der Waals surface area contributed by atoms with Crippen molar-refractivity contribution in [3.05, 3.63) is 47.8 Å². The lowest BCUT2D eigenvalue weighted by molar-refractivity contribution is -0.115. The average Bonchev–Trinajstić information content (AvgIpc) is 3.06. The van der Waals surface area contributed by atoms with Gasteiger partial charge in [0, 0.05) is 28.9 Å². The molecule has 0 aliphatic carbocycles. The SMILES string of the molecule is CCc1cc(NC(=O)Cc2c[nH]c3ccccc23)n[nH]1. The number of nitrogens with zero attached hydrogens (tertiary/aromatic N) is 1. The van der Waals surface area contributed by atoms with Crippen LogP contribution in [0.2, 0.25) is 0 Å². The van der Waals surface area contributed by atoms with Crippen LogP contribution < -0.4 is 5.32 Å². The lowest BCUT2D eigenvalue weighted by atomic mass is 10.1. The Morgan fingerprint density at radius 1 is 1.35 bits per heavy atom. The molecule has 0 fully saturated rings. The Bertz CT molecular complexity index is 741. The van der Waals surface area contributed by atoms with Crippen molar-refractivity contribution in [2.24, 2.45) is 0 Å². The maximum absolute atomic E-state index is 12.0. The van der Waals surface area contributed by atoms with Crippen molar-refractivity contribution in [3.8, 4) is 0 Å². The van der Waals surface area contributed by atoms with Crippen molar-refractivity contribution in [3.63, 3.8) is 0 Å². The third-order valence-corrected chi connectivity index (χ3v) is 3.31. The number of amides is 1. The lowest BCUT2D eigenvalue weighted by Crippen LogP contribution is -2.14. The molecule has 0 spiro atoms. The van der Waals surface area contributed by atoms with E-state index in [-0.39, 0.29) is 5.91 Å². The summed E-state index contributed by atoms with van der Waals surface area (Å²) in [4.78, 5) is 15.2. The topological polar surface area (TPSA) is 73.6 Å². The summed E-state index contributed by atoms with van der Waals surface area (Å²) < 4.78 is 0. The Balaban J connectivity index is 1.72. The van der Waals surface area contributed by atoms with E-state index in [2.05, 4.69) is 20.5 Å². The van der Waals surface area contributed by atoms with Gasteiger partial charge in [-0.1, -0.05) is 25.1 Å². The summed E-state index contributed by atoms with van der Waals surface area (Å²) in [6.07, 6.45) is 3.08. The van der Waals surface area contributed by atoms with Crippen LogP contribution >= 0.6 is 0 Å². The van der Waals surface area contributed by atoms with Crippen LogP contribution in [-0.2, 0) is 17.6 Å². The Morgan fingerprint density at radius 2 is 2.20 bits per heavy atom. The second-order valence-electron chi connectivity index (χ2n) is 4.72. The van der Waals surface area contributed by atoms with Gasteiger partial charge in [0.15, 0.2) is 5.82 Å². The molecule has 0 unspecified atom stereocenters. The van der Waals surface area contributed by atoms with Crippen LogP contribution in [0, 0.1) is 0 Å². The van der Waals surface area contributed by atoms with E-state index in [0.29, 0.717) is 12.2 Å². The number of hydrogen-bond donors (Lipinski definition) is 3. The van der Waals surface area contributed by atoms with Crippen molar-refractivity contribution < 1.29 is 4.79 Å². The first-order valence-corrected chi connectivity index (χ1v) is 6.65. The van der Waals surface area contributed by atoms with Gasteiger partial charge in [0.25, 0.3) is 0 Å². The van der Waals surface area contributed by atoms with E-state index in [1.54, 1.807) is 0 Å². The summed E-state index contributed by atoms with van der Waals surface area (Å²) in [5.74, 6) is 0.510. The fraction of sp³-hybridized carbons (Fsp3) is 0.200. The predicted molar refractivity (Wildman–Crippen MR) is 78.6 cm³/mol. The van der Waals surface area contributed by atoms with Crippen molar-refractivity contribution in [1.29, 1.82) is 0 Å². The van der Waals surface area contributed by atoms with Gasteiger partial charge in [-0.25, -0.2) is 0 Å². The quantitative estimate of drug-likeness (QED) is 0.680. The minimum atomic E-state index is -0.0658. The van der Waals surface area contributed by atoms with Gasteiger partial charge in [-0.05, 0) is 18.1 Å². The van der Waals surface area contributed by atoms with E-state index in [9.17, 15) is 4.79 Å². The first-order valence-electron chi connectivity index (χ1n) is 6.65.